The molecule has 1 N–H and O–H groups in total. The van der Waals surface area contributed by atoms with Crippen molar-refractivity contribution in [2.45, 2.75) is 52.0 Å². The quantitative estimate of drug-likeness (QED) is 0.927. The van der Waals surface area contributed by atoms with Crippen LogP contribution in [0.15, 0.2) is 0 Å². The number of rotatable bonds is 3. The van der Waals surface area contributed by atoms with Crippen LogP contribution in [0.5, 0.6) is 0 Å². The topological polar surface area (TPSA) is 59.1 Å². The Labute approximate surface area is 131 Å². The molecule has 0 bridgehead atoms. The molecule has 1 aromatic rings. The van der Waals surface area contributed by atoms with E-state index < -0.39 is 9.84 Å². The number of nitrogens with one attached hydrogen (secondary N) is 1. The number of aromatic nitrogens is 1. The Morgan fingerprint density at radius 1 is 1.43 bits per heavy atom. The second-order valence-corrected chi connectivity index (χ2v) is 10.4. The van der Waals surface area contributed by atoms with Gasteiger partial charge in [0.25, 0.3) is 0 Å². The second-order valence-electron chi connectivity index (χ2n) is 7.12. The molecule has 21 heavy (non-hydrogen) atoms. The third-order valence-electron chi connectivity index (χ3n) is 4.50. The summed E-state index contributed by atoms with van der Waals surface area (Å²) >= 11 is 1.74. The first kappa shape index (κ1) is 15.4. The molecular formula is C15H24N2O2S2. The van der Waals surface area contributed by atoms with E-state index in [0.29, 0.717) is 11.8 Å². The van der Waals surface area contributed by atoms with Gasteiger partial charge < -0.3 is 5.32 Å². The number of hydrogen-bond acceptors (Lipinski definition) is 5. The summed E-state index contributed by atoms with van der Waals surface area (Å²) in [6.07, 6.45) is 2.86. The molecule has 118 valence electrons. The van der Waals surface area contributed by atoms with Gasteiger partial charge in [-0.2, -0.15) is 0 Å². The monoisotopic (exact) mass is 328 g/mol. The summed E-state index contributed by atoms with van der Waals surface area (Å²) in [6, 6.07) is 0.373. The zero-order valence-electron chi connectivity index (χ0n) is 13.0. The van der Waals surface area contributed by atoms with Crippen molar-refractivity contribution in [2.75, 3.05) is 18.1 Å². The van der Waals surface area contributed by atoms with Crippen molar-refractivity contribution < 1.29 is 8.42 Å². The summed E-state index contributed by atoms with van der Waals surface area (Å²) in [5, 5.41) is 4.61. The van der Waals surface area contributed by atoms with Gasteiger partial charge in [0.15, 0.2) is 9.84 Å². The Bertz CT molecular complexity index is 634. The highest BCUT2D eigenvalue weighted by Gasteiger charge is 2.37. The second kappa shape index (κ2) is 5.32. The van der Waals surface area contributed by atoms with Gasteiger partial charge in [-0.25, -0.2) is 13.4 Å². The Morgan fingerprint density at radius 2 is 2.19 bits per heavy atom. The lowest BCUT2D eigenvalue weighted by molar-refractivity contribution is 0.260. The van der Waals surface area contributed by atoms with Crippen molar-refractivity contribution in [3.8, 4) is 0 Å². The van der Waals surface area contributed by atoms with Crippen LogP contribution >= 0.6 is 11.3 Å². The highest BCUT2D eigenvalue weighted by atomic mass is 32.2. The molecule has 0 spiro atoms. The van der Waals surface area contributed by atoms with Crippen molar-refractivity contribution in [1.29, 1.82) is 0 Å². The van der Waals surface area contributed by atoms with Crippen molar-refractivity contribution in [3.05, 3.63) is 15.6 Å². The Balaban J connectivity index is 1.91. The average molecular weight is 329 g/mol. The fraction of sp³-hybridized carbons (Fsp3) is 0.800. The summed E-state index contributed by atoms with van der Waals surface area (Å²) in [6.45, 7) is 7.66. The predicted octanol–water partition coefficient (Wildman–Crippen LogP) is 2.67. The molecule has 1 aliphatic carbocycles. The summed E-state index contributed by atoms with van der Waals surface area (Å²) in [5.74, 6) is 0.731. The molecule has 1 aromatic heterocycles. The normalized spacial score (nSPS) is 30.2. The predicted molar refractivity (Wildman–Crippen MR) is 86.6 cm³/mol. The summed E-state index contributed by atoms with van der Waals surface area (Å²) in [4.78, 5) is 6.18. The molecular weight excluding hydrogens is 304 g/mol. The van der Waals surface area contributed by atoms with Gasteiger partial charge in [0.2, 0.25) is 0 Å². The minimum atomic E-state index is -2.84. The van der Waals surface area contributed by atoms with Crippen LogP contribution in [0.25, 0.3) is 0 Å². The van der Waals surface area contributed by atoms with Gasteiger partial charge in [0.05, 0.1) is 22.2 Å². The molecule has 6 heteroatoms. The van der Waals surface area contributed by atoms with Gasteiger partial charge in [0.1, 0.15) is 0 Å². The Kier molecular flexibility index (Phi) is 3.91. The molecule has 0 saturated carbocycles. The maximum atomic E-state index is 11.7. The number of fused-ring (bicyclic) bond motifs is 1. The molecule has 2 heterocycles. The maximum absolute atomic E-state index is 11.7. The lowest BCUT2D eigenvalue weighted by atomic mass is 9.76. The molecule has 0 radical (unpaired) electrons. The molecule has 4 nitrogen and oxygen atoms in total. The molecule has 1 aliphatic heterocycles. The van der Waals surface area contributed by atoms with Gasteiger partial charge >= 0.3 is 0 Å². The zero-order chi connectivity index (χ0) is 15.3. The number of nitrogens with zero attached hydrogens (tertiary/aromatic N) is 1. The van der Waals surface area contributed by atoms with Gasteiger partial charge in [-0.1, -0.05) is 20.8 Å². The van der Waals surface area contributed by atoms with Crippen LogP contribution in [0.1, 0.15) is 61.2 Å². The van der Waals surface area contributed by atoms with Gasteiger partial charge in [-0.15, -0.1) is 11.3 Å². The van der Waals surface area contributed by atoms with Crippen LogP contribution in [0.4, 0.5) is 0 Å². The van der Waals surface area contributed by atoms with Crippen molar-refractivity contribution in [3.63, 3.8) is 0 Å². The molecule has 3 rings (SSSR count). The third-order valence-corrected chi connectivity index (χ3v) is 7.64. The van der Waals surface area contributed by atoms with Crippen LogP contribution < -0.4 is 5.32 Å². The Morgan fingerprint density at radius 3 is 2.81 bits per heavy atom. The smallest absolute Gasteiger partial charge is 0.151 e. The van der Waals surface area contributed by atoms with Crippen LogP contribution in [0.3, 0.4) is 0 Å². The number of sulfone groups is 1. The first-order valence-corrected chi connectivity index (χ1v) is 10.4. The highest BCUT2D eigenvalue weighted by Crippen LogP contribution is 2.45. The van der Waals surface area contributed by atoms with Gasteiger partial charge in [-0.05, 0) is 31.2 Å². The summed E-state index contributed by atoms with van der Waals surface area (Å²) in [5.41, 5.74) is 1.45. The van der Waals surface area contributed by atoms with E-state index in [1.165, 1.54) is 10.6 Å². The first-order valence-electron chi connectivity index (χ1n) is 7.73. The lowest BCUT2D eigenvalue weighted by Gasteiger charge is -2.34. The Hall–Kier alpha value is -0.460. The minimum absolute atomic E-state index is 0.121. The van der Waals surface area contributed by atoms with Gasteiger partial charge in [0, 0.05) is 16.8 Å². The fourth-order valence-corrected chi connectivity index (χ4v) is 6.67. The fourth-order valence-electron chi connectivity index (χ4n) is 3.53. The van der Waals surface area contributed by atoms with E-state index in [9.17, 15) is 8.42 Å². The summed E-state index contributed by atoms with van der Waals surface area (Å²) < 4.78 is 23.4. The van der Waals surface area contributed by atoms with E-state index >= 15 is 0 Å². The standard InChI is InChI=1S/C15H24N2O2S2/c1-4-16-11-7-15(2,3)8-12-13(11)20-14(17-12)10-5-6-21(18,19)9-10/h10-11,16H,4-9H2,1-3H3. The van der Waals surface area contributed by atoms with Crippen molar-refractivity contribution >= 4 is 21.2 Å². The lowest BCUT2D eigenvalue weighted by Crippen LogP contribution is -2.32. The first-order chi connectivity index (χ1) is 9.80. The maximum Gasteiger partial charge on any atom is 0.151 e. The average Bonchev–Trinajstić information content (AvgIpc) is 2.91. The van der Waals surface area contributed by atoms with Crippen molar-refractivity contribution in [2.24, 2.45) is 5.41 Å². The van der Waals surface area contributed by atoms with Gasteiger partial charge in [-0.3, -0.25) is 0 Å². The summed E-state index contributed by atoms with van der Waals surface area (Å²) in [7, 11) is -2.84. The van der Waals surface area contributed by atoms with Crippen LogP contribution in [-0.4, -0.2) is 31.5 Å². The molecule has 2 aliphatic rings. The van der Waals surface area contributed by atoms with Crippen LogP contribution in [-0.2, 0) is 16.3 Å². The molecule has 1 fully saturated rings. The molecule has 2 atom stereocenters. The van der Waals surface area contributed by atoms with E-state index in [4.69, 9.17) is 4.98 Å². The van der Waals surface area contributed by atoms with E-state index in [0.717, 1.165) is 30.8 Å². The zero-order valence-corrected chi connectivity index (χ0v) is 14.6. The molecule has 0 amide bonds. The molecule has 1 saturated heterocycles. The van der Waals surface area contributed by atoms with Crippen LogP contribution in [0, 0.1) is 5.41 Å². The van der Waals surface area contributed by atoms with E-state index in [1.54, 1.807) is 11.3 Å². The van der Waals surface area contributed by atoms with E-state index in [-0.39, 0.29) is 17.1 Å². The molecule has 0 aromatic carbocycles. The van der Waals surface area contributed by atoms with Crippen LogP contribution in [0.2, 0.25) is 0 Å². The highest BCUT2D eigenvalue weighted by molar-refractivity contribution is 7.91. The minimum Gasteiger partial charge on any atom is -0.309 e. The van der Waals surface area contributed by atoms with E-state index in [2.05, 4.69) is 26.1 Å². The third kappa shape index (κ3) is 3.17. The SMILES string of the molecule is CCNC1CC(C)(C)Cc2nc(C3CCS(=O)(=O)C3)sc21. The molecule has 2 unspecified atom stereocenters. The number of thiazole rings is 1. The largest absolute Gasteiger partial charge is 0.309 e. The van der Waals surface area contributed by atoms with E-state index in [1.807, 2.05) is 0 Å². The van der Waals surface area contributed by atoms with Crippen molar-refractivity contribution in [1.82, 2.24) is 10.3 Å². The number of hydrogen-bond donors (Lipinski definition) is 1.